The predicted octanol–water partition coefficient (Wildman–Crippen LogP) is 0.655. The van der Waals surface area contributed by atoms with Crippen LogP contribution in [-0.2, 0) is 9.53 Å². The molecule has 1 saturated heterocycles. The maximum atomic E-state index is 11.7. The van der Waals surface area contributed by atoms with E-state index in [2.05, 4.69) is 5.32 Å². The van der Waals surface area contributed by atoms with E-state index in [9.17, 15) is 4.79 Å². The Morgan fingerprint density at radius 1 is 1.60 bits per heavy atom. The van der Waals surface area contributed by atoms with Gasteiger partial charge in [0, 0.05) is 19.5 Å². The van der Waals surface area contributed by atoms with Gasteiger partial charge in [-0.2, -0.15) is 0 Å². The van der Waals surface area contributed by atoms with Crippen molar-refractivity contribution in [2.45, 2.75) is 25.9 Å². The quantitative estimate of drug-likeness (QED) is 0.729. The van der Waals surface area contributed by atoms with Gasteiger partial charge in [0.25, 0.3) is 0 Å². The second kappa shape index (κ2) is 7.91. The lowest BCUT2D eigenvalue weighted by Crippen LogP contribution is -2.44. The number of ether oxygens (including phenoxy) is 1. The van der Waals surface area contributed by atoms with E-state index in [-0.39, 0.29) is 24.4 Å². The number of nitrogens with zero attached hydrogens (tertiary/aromatic N) is 1. The van der Waals surface area contributed by atoms with Gasteiger partial charge in [0.05, 0.1) is 12.7 Å². The summed E-state index contributed by atoms with van der Waals surface area (Å²) in [5.74, 6) is 0.260. The average molecular weight is 237 g/mol. The Labute approximate surface area is 97.8 Å². The normalized spacial score (nSPS) is 20.9. The fraction of sp³-hybridized carbons (Fsp3) is 0.900. The molecule has 15 heavy (non-hydrogen) atoms. The summed E-state index contributed by atoms with van der Waals surface area (Å²) >= 11 is 0. The van der Waals surface area contributed by atoms with Gasteiger partial charge >= 0.3 is 0 Å². The largest absolute Gasteiger partial charge is 0.375 e. The lowest BCUT2D eigenvalue weighted by molar-refractivity contribution is -0.138. The summed E-state index contributed by atoms with van der Waals surface area (Å²) in [7, 11) is 1.90. The molecule has 0 saturated carbocycles. The van der Waals surface area contributed by atoms with Gasteiger partial charge in [0.15, 0.2) is 0 Å². The molecular weight excluding hydrogens is 216 g/mol. The Bertz CT molecular complexity index is 190. The molecule has 4 nitrogen and oxygen atoms in total. The molecule has 1 rings (SSSR count). The number of rotatable bonds is 4. The molecule has 0 bridgehead atoms. The number of hydrogen-bond acceptors (Lipinski definition) is 3. The number of hydrogen-bond donors (Lipinski definition) is 1. The van der Waals surface area contributed by atoms with Crippen LogP contribution in [0.3, 0.4) is 0 Å². The Kier molecular flexibility index (Phi) is 7.74. The molecule has 1 atom stereocenters. The zero-order chi connectivity index (χ0) is 10.4. The Balaban J connectivity index is 0.00000196. The van der Waals surface area contributed by atoms with Crippen LogP contribution in [0.1, 0.15) is 19.8 Å². The van der Waals surface area contributed by atoms with Gasteiger partial charge in [-0.25, -0.2) is 0 Å². The summed E-state index contributed by atoms with van der Waals surface area (Å²) < 4.78 is 5.38. The molecule has 90 valence electrons. The van der Waals surface area contributed by atoms with Gasteiger partial charge in [-0.05, 0) is 26.9 Å². The zero-order valence-corrected chi connectivity index (χ0v) is 10.3. The molecule has 0 aromatic heterocycles. The molecule has 1 unspecified atom stereocenters. The maximum Gasteiger partial charge on any atom is 0.222 e. The zero-order valence-electron chi connectivity index (χ0n) is 9.49. The van der Waals surface area contributed by atoms with Gasteiger partial charge in [-0.1, -0.05) is 0 Å². The van der Waals surface area contributed by atoms with Crippen molar-refractivity contribution in [2.24, 2.45) is 0 Å². The molecule has 0 aliphatic carbocycles. The number of amides is 1. The van der Waals surface area contributed by atoms with Crippen LogP contribution in [0.2, 0.25) is 0 Å². The summed E-state index contributed by atoms with van der Waals surface area (Å²) in [4.78, 5) is 13.6. The van der Waals surface area contributed by atoms with Crippen molar-refractivity contribution in [2.75, 3.05) is 33.3 Å². The molecule has 1 heterocycles. The van der Waals surface area contributed by atoms with Crippen LogP contribution in [0, 0.1) is 0 Å². The van der Waals surface area contributed by atoms with Crippen LogP contribution in [0.5, 0.6) is 0 Å². The number of carbonyl (C=O) groups is 1. The smallest absolute Gasteiger partial charge is 0.222 e. The Morgan fingerprint density at radius 3 is 2.93 bits per heavy atom. The first-order valence-corrected chi connectivity index (χ1v) is 5.28. The third kappa shape index (κ3) is 5.35. The SMILES string of the molecule is CNCCCC(=O)N1CCOC(C)C1.Cl. The number of halogens is 1. The van der Waals surface area contributed by atoms with Crippen molar-refractivity contribution in [3.8, 4) is 0 Å². The summed E-state index contributed by atoms with van der Waals surface area (Å²) in [5.41, 5.74) is 0. The van der Waals surface area contributed by atoms with Crippen molar-refractivity contribution in [3.63, 3.8) is 0 Å². The maximum absolute atomic E-state index is 11.7. The minimum absolute atomic E-state index is 0. The third-order valence-electron chi connectivity index (χ3n) is 2.41. The van der Waals surface area contributed by atoms with Crippen molar-refractivity contribution < 1.29 is 9.53 Å². The lowest BCUT2D eigenvalue weighted by Gasteiger charge is -2.31. The highest BCUT2D eigenvalue weighted by Crippen LogP contribution is 2.06. The van der Waals surface area contributed by atoms with Crippen LogP contribution >= 0.6 is 12.4 Å². The minimum atomic E-state index is 0. The van der Waals surface area contributed by atoms with E-state index in [1.54, 1.807) is 0 Å². The van der Waals surface area contributed by atoms with E-state index in [4.69, 9.17) is 4.74 Å². The highest BCUT2D eigenvalue weighted by Gasteiger charge is 2.20. The molecule has 0 radical (unpaired) electrons. The van der Waals surface area contributed by atoms with Crippen molar-refractivity contribution >= 4 is 18.3 Å². The second-order valence-electron chi connectivity index (χ2n) is 3.73. The third-order valence-corrected chi connectivity index (χ3v) is 2.41. The first kappa shape index (κ1) is 14.7. The van der Waals surface area contributed by atoms with E-state index in [0.29, 0.717) is 13.0 Å². The van der Waals surface area contributed by atoms with Crippen LogP contribution in [-0.4, -0.2) is 50.2 Å². The van der Waals surface area contributed by atoms with Crippen LogP contribution in [0.25, 0.3) is 0 Å². The monoisotopic (exact) mass is 236 g/mol. The van der Waals surface area contributed by atoms with E-state index in [1.807, 2.05) is 18.9 Å². The average Bonchev–Trinajstić information content (AvgIpc) is 2.18. The molecule has 1 aliphatic rings. The van der Waals surface area contributed by atoms with E-state index < -0.39 is 0 Å². The fourth-order valence-electron chi connectivity index (χ4n) is 1.62. The van der Waals surface area contributed by atoms with Crippen molar-refractivity contribution in [1.82, 2.24) is 10.2 Å². The van der Waals surface area contributed by atoms with E-state index in [1.165, 1.54) is 0 Å². The molecule has 1 aliphatic heterocycles. The summed E-state index contributed by atoms with van der Waals surface area (Å²) in [6.45, 7) is 5.10. The molecule has 0 spiro atoms. The summed E-state index contributed by atoms with van der Waals surface area (Å²) in [5, 5.41) is 3.04. The second-order valence-corrected chi connectivity index (χ2v) is 3.73. The molecule has 1 fully saturated rings. The Morgan fingerprint density at radius 2 is 2.33 bits per heavy atom. The van der Waals surface area contributed by atoms with Crippen molar-refractivity contribution in [3.05, 3.63) is 0 Å². The summed E-state index contributed by atoms with van der Waals surface area (Å²) in [6.07, 6.45) is 1.76. The van der Waals surface area contributed by atoms with Gasteiger partial charge in [-0.15, -0.1) is 12.4 Å². The van der Waals surface area contributed by atoms with E-state index >= 15 is 0 Å². The fourth-order valence-corrected chi connectivity index (χ4v) is 1.62. The number of morpholine rings is 1. The number of carbonyl (C=O) groups excluding carboxylic acids is 1. The molecular formula is C10H21ClN2O2. The highest BCUT2D eigenvalue weighted by molar-refractivity contribution is 5.85. The lowest BCUT2D eigenvalue weighted by atomic mass is 10.2. The van der Waals surface area contributed by atoms with Crippen LogP contribution in [0.15, 0.2) is 0 Å². The minimum Gasteiger partial charge on any atom is -0.375 e. The molecule has 1 N–H and O–H groups in total. The first-order chi connectivity index (χ1) is 6.74. The van der Waals surface area contributed by atoms with Crippen LogP contribution in [0.4, 0.5) is 0 Å². The van der Waals surface area contributed by atoms with Gasteiger partial charge in [0.1, 0.15) is 0 Å². The standard InChI is InChI=1S/C10H20N2O2.ClH/c1-9-8-12(6-7-14-9)10(13)4-3-5-11-2;/h9,11H,3-8H2,1-2H3;1H. The van der Waals surface area contributed by atoms with Gasteiger partial charge in [-0.3, -0.25) is 4.79 Å². The van der Waals surface area contributed by atoms with E-state index in [0.717, 1.165) is 26.1 Å². The molecule has 0 aromatic rings. The summed E-state index contributed by atoms with van der Waals surface area (Å²) in [6, 6.07) is 0. The van der Waals surface area contributed by atoms with Crippen molar-refractivity contribution in [1.29, 1.82) is 0 Å². The topological polar surface area (TPSA) is 41.6 Å². The molecule has 0 aromatic carbocycles. The van der Waals surface area contributed by atoms with Crippen LogP contribution < -0.4 is 5.32 Å². The first-order valence-electron chi connectivity index (χ1n) is 5.28. The van der Waals surface area contributed by atoms with Gasteiger partial charge < -0.3 is 15.0 Å². The number of nitrogens with one attached hydrogen (secondary N) is 1. The Hall–Kier alpha value is -0.320. The van der Waals surface area contributed by atoms with Gasteiger partial charge in [0.2, 0.25) is 5.91 Å². The molecule has 5 heteroatoms. The highest BCUT2D eigenvalue weighted by atomic mass is 35.5. The molecule has 1 amide bonds. The predicted molar refractivity (Wildman–Crippen MR) is 62.4 cm³/mol.